The number of hydrogen-bond donors (Lipinski definition) is 1. The Morgan fingerprint density at radius 3 is 2.53 bits per heavy atom. The SMILES string of the molecule is C[C@H](CN[C@H](C)c1ccc(F)c(Cl)c1)CS(C)(=O)=O. The highest BCUT2D eigenvalue weighted by molar-refractivity contribution is 7.90. The number of benzene rings is 1. The first kappa shape index (κ1) is 16.4. The smallest absolute Gasteiger partial charge is 0.147 e. The number of rotatable bonds is 6. The van der Waals surface area contributed by atoms with Gasteiger partial charge in [-0.2, -0.15) is 0 Å². The van der Waals surface area contributed by atoms with E-state index in [1.165, 1.54) is 12.3 Å². The molecule has 1 N–H and O–H groups in total. The van der Waals surface area contributed by atoms with E-state index in [-0.39, 0.29) is 22.7 Å². The maximum absolute atomic E-state index is 13.0. The summed E-state index contributed by atoms with van der Waals surface area (Å²) < 4.78 is 35.3. The van der Waals surface area contributed by atoms with Crippen molar-refractivity contribution in [2.45, 2.75) is 19.9 Å². The third-order valence-electron chi connectivity index (χ3n) is 2.80. The van der Waals surface area contributed by atoms with Crippen LogP contribution in [0.15, 0.2) is 18.2 Å². The van der Waals surface area contributed by atoms with Crippen molar-refractivity contribution in [3.05, 3.63) is 34.6 Å². The van der Waals surface area contributed by atoms with Crippen molar-refractivity contribution in [1.29, 1.82) is 0 Å². The van der Waals surface area contributed by atoms with Crippen LogP contribution in [0.25, 0.3) is 0 Å². The lowest BCUT2D eigenvalue weighted by Gasteiger charge is -2.18. The van der Waals surface area contributed by atoms with Gasteiger partial charge >= 0.3 is 0 Å². The van der Waals surface area contributed by atoms with Crippen molar-refractivity contribution >= 4 is 21.4 Å². The van der Waals surface area contributed by atoms with E-state index in [1.54, 1.807) is 12.1 Å². The normalized spacial score (nSPS) is 15.2. The summed E-state index contributed by atoms with van der Waals surface area (Å²) >= 11 is 5.73. The Morgan fingerprint density at radius 2 is 2.00 bits per heavy atom. The zero-order valence-electron chi connectivity index (χ0n) is 11.3. The highest BCUT2D eigenvalue weighted by Crippen LogP contribution is 2.20. The highest BCUT2D eigenvalue weighted by Gasteiger charge is 2.13. The van der Waals surface area contributed by atoms with E-state index in [9.17, 15) is 12.8 Å². The van der Waals surface area contributed by atoms with Crippen LogP contribution in [-0.2, 0) is 9.84 Å². The van der Waals surface area contributed by atoms with E-state index in [1.807, 2.05) is 13.8 Å². The quantitative estimate of drug-likeness (QED) is 0.879. The Bertz CT molecular complexity index is 533. The monoisotopic (exact) mass is 307 g/mol. The Balaban J connectivity index is 2.55. The molecule has 0 spiro atoms. The largest absolute Gasteiger partial charge is 0.310 e. The summed E-state index contributed by atoms with van der Waals surface area (Å²) in [5.74, 6) is -0.270. The van der Waals surface area contributed by atoms with E-state index in [0.717, 1.165) is 5.56 Å². The molecule has 19 heavy (non-hydrogen) atoms. The van der Waals surface area contributed by atoms with Crippen LogP contribution in [0.5, 0.6) is 0 Å². The van der Waals surface area contributed by atoms with Crippen LogP contribution in [0.1, 0.15) is 25.5 Å². The van der Waals surface area contributed by atoms with E-state index in [4.69, 9.17) is 11.6 Å². The Labute approximate surface area is 119 Å². The number of halogens is 2. The van der Waals surface area contributed by atoms with Crippen LogP contribution < -0.4 is 5.32 Å². The Morgan fingerprint density at radius 1 is 1.37 bits per heavy atom. The molecule has 0 fully saturated rings. The van der Waals surface area contributed by atoms with Crippen molar-refractivity contribution in [2.75, 3.05) is 18.6 Å². The summed E-state index contributed by atoms with van der Waals surface area (Å²) in [7, 11) is -2.96. The minimum Gasteiger partial charge on any atom is -0.310 e. The fraction of sp³-hybridized carbons (Fsp3) is 0.538. The van der Waals surface area contributed by atoms with Crippen molar-refractivity contribution in [3.63, 3.8) is 0 Å². The van der Waals surface area contributed by atoms with Crippen molar-refractivity contribution in [1.82, 2.24) is 5.32 Å². The van der Waals surface area contributed by atoms with E-state index >= 15 is 0 Å². The lowest BCUT2D eigenvalue weighted by atomic mass is 10.1. The van der Waals surface area contributed by atoms with E-state index in [2.05, 4.69) is 5.32 Å². The number of sulfone groups is 1. The molecule has 0 radical (unpaired) electrons. The lowest BCUT2D eigenvalue weighted by Crippen LogP contribution is -2.28. The summed E-state index contributed by atoms with van der Waals surface area (Å²) in [5, 5.41) is 3.32. The van der Waals surface area contributed by atoms with Gasteiger partial charge in [0, 0.05) is 12.3 Å². The Hall–Kier alpha value is -0.650. The van der Waals surface area contributed by atoms with Gasteiger partial charge in [-0.15, -0.1) is 0 Å². The van der Waals surface area contributed by atoms with Gasteiger partial charge in [0.1, 0.15) is 15.7 Å². The van der Waals surface area contributed by atoms with Crippen LogP contribution in [0.4, 0.5) is 4.39 Å². The molecule has 0 bridgehead atoms. The summed E-state index contributed by atoms with van der Waals surface area (Å²) in [6, 6.07) is 4.56. The molecule has 0 aliphatic heterocycles. The van der Waals surface area contributed by atoms with Crippen LogP contribution in [0.3, 0.4) is 0 Å². The van der Waals surface area contributed by atoms with E-state index < -0.39 is 15.7 Å². The fourth-order valence-electron chi connectivity index (χ4n) is 1.85. The van der Waals surface area contributed by atoms with Gasteiger partial charge in [-0.3, -0.25) is 0 Å². The third kappa shape index (κ3) is 5.89. The first-order valence-electron chi connectivity index (χ1n) is 6.05. The van der Waals surface area contributed by atoms with Crippen LogP contribution in [0.2, 0.25) is 5.02 Å². The minimum absolute atomic E-state index is 0.0138. The summed E-state index contributed by atoms with van der Waals surface area (Å²) in [6.45, 7) is 4.37. The van der Waals surface area contributed by atoms with Crippen molar-refractivity contribution in [3.8, 4) is 0 Å². The third-order valence-corrected chi connectivity index (χ3v) is 4.27. The zero-order valence-corrected chi connectivity index (χ0v) is 12.9. The molecule has 0 aromatic heterocycles. The highest BCUT2D eigenvalue weighted by atomic mass is 35.5. The minimum atomic E-state index is -2.96. The molecule has 0 aliphatic carbocycles. The molecule has 3 nitrogen and oxygen atoms in total. The standard InChI is InChI=1S/C13H19ClFNO2S/c1-9(8-19(3,17)18)7-16-10(2)11-4-5-13(15)12(14)6-11/h4-6,9-10,16H,7-8H2,1-3H3/t9-,10-/m1/s1. The topological polar surface area (TPSA) is 46.2 Å². The van der Waals surface area contributed by atoms with Crippen LogP contribution in [0, 0.1) is 11.7 Å². The van der Waals surface area contributed by atoms with Crippen LogP contribution >= 0.6 is 11.6 Å². The second-order valence-corrected chi connectivity index (χ2v) is 7.59. The van der Waals surface area contributed by atoms with Gasteiger partial charge in [0.2, 0.25) is 0 Å². The molecule has 108 valence electrons. The molecule has 6 heteroatoms. The average molecular weight is 308 g/mol. The molecular formula is C13H19ClFNO2S. The molecule has 1 aromatic rings. The lowest BCUT2D eigenvalue weighted by molar-refractivity contribution is 0.491. The molecule has 0 amide bonds. The van der Waals surface area contributed by atoms with E-state index in [0.29, 0.717) is 6.54 Å². The van der Waals surface area contributed by atoms with Gasteiger partial charge < -0.3 is 5.32 Å². The molecular weight excluding hydrogens is 289 g/mol. The molecule has 0 saturated heterocycles. The van der Waals surface area contributed by atoms with Gasteiger partial charge in [0.25, 0.3) is 0 Å². The molecule has 0 unspecified atom stereocenters. The molecule has 1 aromatic carbocycles. The van der Waals surface area contributed by atoms with Crippen molar-refractivity contribution in [2.24, 2.45) is 5.92 Å². The summed E-state index contributed by atoms with van der Waals surface area (Å²) in [6.07, 6.45) is 1.23. The Kier molecular flexibility index (Phi) is 5.77. The average Bonchev–Trinajstić information content (AvgIpc) is 2.27. The summed E-state index contributed by atoms with van der Waals surface area (Å²) in [5.41, 5.74) is 0.873. The molecule has 0 saturated carbocycles. The first-order valence-corrected chi connectivity index (χ1v) is 8.49. The van der Waals surface area contributed by atoms with Crippen molar-refractivity contribution < 1.29 is 12.8 Å². The first-order chi connectivity index (χ1) is 8.69. The van der Waals surface area contributed by atoms with Gasteiger partial charge in [0.15, 0.2) is 0 Å². The maximum Gasteiger partial charge on any atom is 0.147 e. The predicted molar refractivity (Wildman–Crippen MR) is 76.7 cm³/mol. The zero-order chi connectivity index (χ0) is 14.6. The molecule has 1 rings (SSSR count). The van der Waals surface area contributed by atoms with Gasteiger partial charge in [-0.05, 0) is 37.1 Å². The fourth-order valence-corrected chi connectivity index (χ4v) is 3.19. The molecule has 2 atom stereocenters. The number of hydrogen-bond acceptors (Lipinski definition) is 3. The summed E-state index contributed by atoms with van der Waals surface area (Å²) in [4.78, 5) is 0. The predicted octanol–water partition coefficient (Wildman–Crippen LogP) is 2.81. The van der Waals surface area contributed by atoms with Crippen LogP contribution in [-0.4, -0.2) is 27.0 Å². The molecule has 0 aliphatic rings. The van der Waals surface area contributed by atoms with Gasteiger partial charge in [-0.1, -0.05) is 24.6 Å². The maximum atomic E-state index is 13.0. The second-order valence-electron chi connectivity index (χ2n) is 5.00. The molecule has 0 heterocycles. The van der Waals surface area contributed by atoms with Gasteiger partial charge in [0.05, 0.1) is 10.8 Å². The van der Waals surface area contributed by atoms with Gasteiger partial charge in [-0.25, -0.2) is 12.8 Å². The second kappa shape index (κ2) is 6.68. The number of nitrogens with one attached hydrogen (secondary N) is 1.